The van der Waals surface area contributed by atoms with Crippen molar-refractivity contribution in [1.29, 1.82) is 0 Å². The third-order valence-corrected chi connectivity index (χ3v) is 11.0. The van der Waals surface area contributed by atoms with Crippen LogP contribution in [0.2, 0.25) is 0 Å². The molecule has 9 aromatic carbocycles. The molecule has 0 amide bonds. The van der Waals surface area contributed by atoms with Gasteiger partial charge in [-0.25, -0.2) is 0 Å². The van der Waals surface area contributed by atoms with E-state index in [0.29, 0.717) is 0 Å². The first-order valence-electron chi connectivity index (χ1n) is 19.0. The summed E-state index contributed by atoms with van der Waals surface area (Å²) in [5, 5.41) is 11.6. The molecule has 0 saturated carbocycles. The van der Waals surface area contributed by atoms with Crippen molar-refractivity contribution < 1.29 is 0 Å². The normalized spacial score (nSPS) is 11.6. The summed E-state index contributed by atoms with van der Waals surface area (Å²) in [5.41, 5.74) is 8.56. The van der Waals surface area contributed by atoms with E-state index in [0.717, 1.165) is 66.7 Å². The van der Waals surface area contributed by atoms with Gasteiger partial charge in [0, 0.05) is 68.1 Å². The quantitative estimate of drug-likeness (QED) is 0.127. The number of fused-ring (bicyclic) bond motifs is 12. The predicted molar refractivity (Wildman–Crippen MR) is 236 cm³/mol. The van der Waals surface area contributed by atoms with Crippen LogP contribution < -0.4 is 9.80 Å². The summed E-state index contributed by atoms with van der Waals surface area (Å²) < 4.78 is 0. The Morgan fingerprint density at radius 2 is 0.571 bits per heavy atom. The molecule has 0 aliphatic heterocycles. The van der Waals surface area contributed by atoms with Crippen LogP contribution in [0.3, 0.4) is 0 Å². The SMILES string of the molecule is c1ccc(N(c2ccccc2)c2ccc3c4cc5c(cc4c4cccnc4c3c2)c2ccc(N(c3ccccc3)c3ccccc3)cc2c2ncccc52)cc1. The van der Waals surface area contributed by atoms with E-state index in [-0.39, 0.29) is 0 Å². The van der Waals surface area contributed by atoms with Crippen LogP contribution in [0.1, 0.15) is 0 Å². The van der Waals surface area contributed by atoms with Gasteiger partial charge in [-0.3, -0.25) is 9.97 Å². The van der Waals surface area contributed by atoms with Crippen LogP contribution in [0.25, 0.3) is 64.9 Å². The maximum absolute atomic E-state index is 5.05. The topological polar surface area (TPSA) is 32.3 Å². The second-order valence-corrected chi connectivity index (χ2v) is 14.2. The van der Waals surface area contributed by atoms with Crippen LogP contribution in [0.4, 0.5) is 34.1 Å². The number of nitrogens with zero attached hydrogens (tertiary/aromatic N) is 4. The molecule has 0 aliphatic carbocycles. The minimum absolute atomic E-state index is 0.993. The average Bonchev–Trinajstić information content (AvgIpc) is 3.28. The highest BCUT2D eigenvalue weighted by molar-refractivity contribution is 6.32. The summed E-state index contributed by atoms with van der Waals surface area (Å²) in [6, 6.07) is 69.2. The summed E-state index contributed by atoms with van der Waals surface area (Å²) in [6.45, 7) is 0. The third kappa shape index (κ3) is 5.15. The van der Waals surface area contributed by atoms with E-state index in [9.17, 15) is 0 Å². The van der Waals surface area contributed by atoms with Crippen molar-refractivity contribution in [3.05, 3.63) is 207 Å². The molecular formula is C52H34N4. The van der Waals surface area contributed by atoms with Crippen molar-refractivity contribution in [2.75, 3.05) is 9.80 Å². The lowest BCUT2D eigenvalue weighted by molar-refractivity contribution is 1.29. The van der Waals surface area contributed by atoms with Crippen LogP contribution in [-0.4, -0.2) is 9.97 Å². The minimum atomic E-state index is 0.993. The van der Waals surface area contributed by atoms with Gasteiger partial charge < -0.3 is 9.80 Å². The fourth-order valence-electron chi connectivity index (χ4n) is 8.57. The second kappa shape index (κ2) is 13.1. The van der Waals surface area contributed by atoms with Crippen molar-refractivity contribution in [1.82, 2.24) is 9.97 Å². The molecule has 0 fully saturated rings. The van der Waals surface area contributed by atoms with Crippen LogP contribution >= 0.6 is 0 Å². The molecule has 0 spiro atoms. The number of hydrogen-bond donors (Lipinski definition) is 0. The zero-order chi connectivity index (χ0) is 37.0. The van der Waals surface area contributed by atoms with Gasteiger partial charge in [0.2, 0.25) is 0 Å². The van der Waals surface area contributed by atoms with E-state index in [2.05, 4.69) is 204 Å². The van der Waals surface area contributed by atoms with Gasteiger partial charge in [-0.1, -0.05) is 97.1 Å². The Labute approximate surface area is 324 Å². The maximum atomic E-state index is 5.05. The van der Waals surface area contributed by atoms with E-state index >= 15 is 0 Å². The largest absolute Gasteiger partial charge is 0.310 e. The number of rotatable bonds is 6. The Hall–Kier alpha value is -7.56. The Morgan fingerprint density at radius 1 is 0.232 bits per heavy atom. The summed E-state index contributed by atoms with van der Waals surface area (Å²) >= 11 is 0. The van der Waals surface area contributed by atoms with Crippen LogP contribution in [0.15, 0.2) is 207 Å². The lowest BCUT2D eigenvalue weighted by Crippen LogP contribution is -2.09. The molecule has 11 aromatic rings. The Bertz CT molecular complexity index is 2940. The summed E-state index contributed by atoms with van der Waals surface area (Å²) in [7, 11) is 0. The minimum Gasteiger partial charge on any atom is -0.310 e. The predicted octanol–water partition coefficient (Wildman–Crippen LogP) is 14.3. The average molecular weight is 715 g/mol. The molecule has 0 saturated heterocycles. The Kier molecular flexibility index (Phi) is 7.46. The first-order chi connectivity index (χ1) is 27.8. The maximum Gasteiger partial charge on any atom is 0.0787 e. The van der Waals surface area contributed by atoms with Gasteiger partial charge in [0.05, 0.1) is 11.0 Å². The highest BCUT2D eigenvalue weighted by Crippen LogP contribution is 2.45. The van der Waals surface area contributed by atoms with Crippen LogP contribution in [0.5, 0.6) is 0 Å². The fraction of sp³-hybridized carbons (Fsp3) is 0. The summed E-state index contributed by atoms with van der Waals surface area (Å²) in [4.78, 5) is 14.7. The van der Waals surface area contributed by atoms with Crippen LogP contribution in [-0.2, 0) is 0 Å². The molecular weight excluding hydrogens is 681 g/mol. The monoisotopic (exact) mass is 714 g/mol. The molecule has 0 unspecified atom stereocenters. The Balaban J connectivity index is 1.18. The molecule has 0 atom stereocenters. The Morgan fingerprint density at radius 3 is 0.929 bits per heavy atom. The van der Waals surface area contributed by atoms with Gasteiger partial charge in [0.1, 0.15) is 0 Å². The fourth-order valence-corrected chi connectivity index (χ4v) is 8.57. The van der Waals surface area contributed by atoms with Gasteiger partial charge >= 0.3 is 0 Å². The van der Waals surface area contributed by atoms with Gasteiger partial charge in [-0.15, -0.1) is 0 Å². The smallest absolute Gasteiger partial charge is 0.0787 e. The molecule has 0 N–H and O–H groups in total. The first-order valence-corrected chi connectivity index (χ1v) is 19.0. The van der Waals surface area contributed by atoms with E-state index in [1.54, 1.807) is 0 Å². The number of pyridine rings is 2. The first kappa shape index (κ1) is 31.9. The second-order valence-electron chi connectivity index (χ2n) is 14.2. The molecule has 262 valence electrons. The molecule has 2 aromatic heterocycles. The summed E-state index contributed by atoms with van der Waals surface area (Å²) in [6.07, 6.45) is 3.82. The van der Waals surface area contributed by atoms with E-state index < -0.39 is 0 Å². The van der Waals surface area contributed by atoms with Crippen molar-refractivity contribution in [3.8, 4) is 0 Å². The molecule has 4 nitrogen and oxygen atoms in total. The van der Waals surface area contributed by atoms with Gasteiger partial charge in [0.15, 0.2) is 0 Å². The number of hydrogen-bond acceptors (Lipinski definition) is 4. The van der Waals surface area contributed by atoms with E-state index in [1.165, 1.54) is 32.3 Å². The molecule has 0 bridgehead atoms. The van der Waals surface area contributed by atoms with Crippen molar-refractivity contribution in [2.24, 2.45) is 0 Å². The number of aromatic nitrogens is 2. The lowest BCUT2D eigenvalue weighted by Gasteiger charge is -2.26. The van der Waals surface area contributed by atoms with Crippen molar-refractivity contribution in [3.63, 3.8) is 0 Å². The van der Waals surface area contributed by atoms with Gasteiger partial charge in [0.25, 0.3) is 0 Å². The van der Waals surface area contributed by atoms with Crippen LogP contribution in [0, 0.1) is 0 Å². The third-order valence-electron chi connectivity index (χ3n) is 11.0. The summed E-state index contributed by atoms with van der Waals surface area (Å²) in [5.74, 6) is 0. The molecule has 4 heteroatoms. The number of anilines is 6. The molecule has 56 heavy (non-hydrogen) atoms. The molecule has 0 radical (unpaired) electrons. The zero-order valence-electron chi connectivity index (χ0n) is 30.4. The molecule has 0 aliphatic rings. The zero-order valence-corrected chi connectivity index (χ0v) is 30.4. The van der Waals surface area contributed by atoms with Gasteiger partial charge in [-0.2, -0.15) is 0 Å². The lowest BCUT2D eigenvalue weighted by atomic mass is 9.90. The number of benzene rings is 9. The highest BCUT2D eigenvalue weighted by Gasteiger charge is 2.19. The molecule has 2 heterocycles. The molecule has 11 rings (SSSR count). The van der Waals surface area contributed by atoms with Gasteiger partial charge in [-0.05, 0) is 129 Å². The van der Waals surface area contributed by atoms with E-state index in [4.69, 9.17) is 9.97 Å². The number of para-hydroxylation sites is 4. The van der Waals surface area contributed by atoms with Crippen molar-refractivity contribution in [2.45, 2.75) is 0 Å². The van der Waals surface area contributed by atoms with Crippen molar-refractivity contribution >= 4 is 99.0 Å². The highest BCUT2D eigenvalue weighted by atomic mass is 15.1. The standard InChI is InChI=1S/C52H34N4/c1-5-15-35(16-6-1)55(36-17-7-2-8-18-36)39-25-27-41-45-33-48-44-24-14-30-54-52(44)50-32-40(56(37-19-9-3-10-20-37)38-21-11-4-12-22-38)26-28-42(50)46(48)34-47(45)43-23-13-29-53-51(43)49(41)31-39/h1-34H. The van der Waals surface area contributed by atoms with E-state index in [1.807, 2.05) is 12.4 Å².